The van der Waals surface area contributed by atoms with Crippen LogP contribution in [-0.2, 0) is 9.53 Å². The van der Waals surface area contributed by atoms with Gasteiger partial charge in [-0.15, -0.1) is 0 Å². The van der Waals surface area contributed by atoms with E-state index in [1.165, 1.54) is 24.3 Å². The first-order chi connectivity index (χ1) is 11.7. The van der Waals surface area contributed by atoms with E-state index in [0.717, 1.165) is 0 Å². The minimum atomic E-state index is -1.05. The Morgan fingerprint density at radius 3 is 2.20 bits per heavy atom. The molecule has 1 fully saturated rings. The lowest BCUT2D eigenvalue weighted by Crippen LogP contribution is -2.55. The molecule has 8 heteroatoms. The van der Waals surface area contributed by atoms with Crippen LogP contribution in [0.4, 0.5) is 9.18 Å². The second-order valence-corrected chi connectivity index (χ2v) is 6.91. The van der Waals surface area contributed by atoms with E-state index in [0.29, 0.717) is 31.7 Å². The van der Waals surface area contributed by atoms with Crippen LogP contribution in [0.3, 0.4) is 0 Å². The van der Waals surface area contributed by atoms with Gasteiger partial charge in [-0.25, -0.2) is 19.6 Å². The average molecular weight is 353 g/mol. The number of piperazine rings is 1. The topological polar surface area (TPSA) is 82.1 Å². The molecule has 1 unspecified atom stereocenters. The fourth-order valence-electron chi connectivity index (χ4n) is 2.45. The monoisotopic (exact) mass is 353 g/mol. The number of rotatable bonds is 4. The molecular formula is C17H24FN3O4. The Labute approximate surface area is 146 Å². The average Bonchev–Trinajstić information content (AvgIpc) is 2.52. The summed E-state index contributed by atoms with van der Waals surface area (Å²) < 4.78 is 18.3. The number of aliphatic carboxylic acids is 1. The Kier molecular flexibility index (Phi) is 5.97. The highest BCUT2D eigenvalue weighted by molar-refractivity contribution is 5.75. The summed E-state index contributed by atoms with van der Waals surface area (Å²) in [5, 5.41) is 11.2. The third kappa shape index (κ3) is 5.68. The summed E-state index contributed by atoms with van der Waals surface area (Å²) in [6.07, 6.45) is -0.375. The standard InChI is InChI=1S/C17H24FN3O4/c1-17(2,3)25-16(24)20-8-10-21(11-9-20)19-14(15(22)23)12-4-6-13(18)7-5-12/h4-7,14,19H,8-11H2,1-3H3,(H,22,23). The number of benzene rings is 1. The molecule has 1 saturated heterocycles. The Morgan fingerprint density at radius 2 is 1.72 bits per heavy atom. The Bertz CT molecular complexity index is 607. The van der Waals surface area contributed by atoms with Crippen LogP contribution in [0, 0.1) is 5.82 Å². The number of amides is 1. The summed E-state index contributed by atoms with van der Waals surface area (Å²) in [6.45, 7) is 7.21. The number of carbonyl (C=O) groups excluding carboxylic acids is 1. The number of hydrogen-bond donors (Lipinski definition) is 2. The fraction of sp³-hybridized carbons (Fsp3) is 0.529. The highest BCUT2D eigenvalue weighted by Gasteiger charge is 2.28. The van der Waals surface area contributed by atoms with Crippen molar-refractivity contribution in [2.24, 2.45) is 0 Å². The molecule has 138 valence electrons. The number of carboxylic acids is 1. The Hall–Kier alpha value is -2.19. The first-order valence-corrected chi connectivity index (χ1v) is 8.13. The largest absolute Gasteiger partial charge is 0.480 e. The third-order valence-electron chi connectivity index (χ3n) is 3.69. The quantitative estimate of drug-likeness (QED) is 0.862. The number of hydrogen-bond acceptors (Lipinski definition) is 5. The van der Waals surface area contributed by atoms with Gasteiger partial charge >= 0.3 is 12.1 Å². The van der Waals surface area contributed by atoms with Gasteiger partial charge in [0.2, 0.25) is 0 Å². The molecule has 1 aromatic rings. The van der Waals surface area contributed by atoms with Gasteiger partial charge in [-0.2, -0.15) is 0 Å². The maximum absolute atomic E-state index is 13.0. The first kappa shape index (κ1) is 19.1. The van der Waals surface area contributed by atoms with Crippen molar-refractivity contribution in [2.75, 3.05) is 26.2 Å². The second-order valence-electron chi connectivity index (χ2n) is 6.91. The summed E-state index contributed by atoms with van der Waals surface area (Å²) in [5.74, 6) is -1.47. The highest BCUT2D eigenvalue weighted by Crippen LogP contribution is 2.16. The lowest BCUT2D eigenvalue weighted by molar-refractivity contribution is -0.141. The molecule has 1 atom stereocenters. The molecule has 2 N–H and O–H groups in total. The molecule has 2 rings (SSSR count). The van der Waals surface area contributed by atoms with Crippen LogP contribution in [0.5, 0.6) is 0 Å². The van der Waals surface area contributed by atoms with Gasteiger partial charge in [0, 0.05) is 26.2 Å². The Balaban J connectivity index is 1.92. The Morgan fingerprint density at radius 1 is 1.16 bits per heavy atom. The molecule has 0 saturated carbocycles. The van der Waals surface area contributed by atoms with E-state index < -0.39 is 23.4 Å². The molecule has 0 bridgehead atoms. The van der Waals surface area contributed by atoms with Gasteiger partial charge < -0.3 is 14.7 Å². The van der Waals surface area contributed by atoms with Gasteiger partial charge in [0.05, 0.1) is 0 Å². The first-order valence-electron chi connectivity index (χ1n) is 8.13. The van der Waals surface area contributed by atoms with Crippen LogP contribution in [-0.4, -0.2) is 58.9 Å². The van der Waals surface area contributed by atoms with E-state index in [9.17, 15) is 19.1 Å². The maximum Gasteiger partial charge on any atom is 0.410 e. The van der Waals surface area contributed by atoms with Crippen molar-refractivity contribution in [1.29, 1.82) is 0 Å². The van der Waals surface area contributed by atoms with Crippen molar-refractivity contribution < 1.29 is 23.8 Å². The molecule has 7 nitrogen and oxygen atoms in total. The molecule has 0 aliphatic carbocycles. The molecular weight excluding hydrogens is 329 g/mol. The van der Waals surface area contributed by atoms with Crippen molar-refractivity contribution >= 4 is 12.1 Å². The number of carboxylic acid groups (broad SMARTS) is 1. The smallest absolute Gasteiger partial charge is 0.410 e. The summed E-state index contributed by atoms with van der Waals surface area (Å²) >= 11 is 0. The normalized spacial score (nSPS) is 17.2. The highest BCUT2D eigenvalue weighted by atomic mass is 19.1. The number of carbonyl (C=O) groups is 2. The van der Waals surface area contributed by atoms with Gasteiger partial charge in [0.1, 0.15) is 17.5 Å². The molecule has 1 aliphatic heterocycles. The SMILES string of the molecule is CC(C)(C)OC(=O)N1CCN(NC(C(=O)O)c2ccc(F)cc2)CC1. The maximum atomic E-state index is 13.0. The molecule has 0 spiro atoms. The van der Waals surface area contributed by atoms with Crippen LogP contribution in [0.25, 0.3) is 0 Å². The van der Waals surface area contributed by atoms with E-state index in [2.05, 4.69) is 5.43 Å². The van der Waals surface area contributed by atoms with E-state index >= 15 is 0 Å². The van der Waals surface area contributed by atoms with Gasteiger partial charge in [0.25, 0.3) is 0 Å². The van der Waals surface area contributed by atoms with E-state index in [1.54, 1.807) is 9.91 Å². The zero-order valence-corrected chi connectivity index (χ0v) is 14.7. The molecule has 1 aliphatic rings. The summed E-state index contributed by atoms with van der Waals surface area (Å²) in [7, 11) is 0. The second kappa shape index (κ2) is 7.79. The molecule has 1 amide bonds. The summed E-state index contributed by atoms with van der Waals surface area (Å²) in [6, 6.07) is 4.37. The zero-order valence-electron chi connectivity index (χ0n) is 14.7. The summed E-state index contributed by atoms with van der Waals surface area (Å²) in [5.41, 5.74) is 2.84. The number of nitrogens with zero attached hydrogens (tertiary/aromatic N) is 2. The predicted molar refractivity (Wildman–Crippen MR) is 89.3 cm³/mol. The number of ether oxygens (including phenoxy) is 1. The van der Waals surface area contributed by atoms with Crippen molar-refractivity contribution in [3.8, 4) is 0 Å². The van der Waals surface area contributed by atoms with Crippen molar-refractivity contribution in [2.45, 2.75) is 32.4 Å². The molecule has 25 heavy (non-hydrogen) atoms. The molecule has 1 aromatic carbocycles. The molecule has 1 heterocycles. The summed E-state index contributed by atoms with van der Waals surface area (Å²) in [4.78, 5) is 25.2. The van der Waals surface area contributed by atoms with E-state index in [-0.39, 0.29) is 6.09 Å². The minimum absolute atomic E-state index is 0.375. The fourth-order valence-corrected chi connectivity index (χ4v) is 2.45. The lowest BCUT2D eigenvalue weighted by Gasteiger charge is -2.36. The van der Waals surface area contributed by atoms with Crippen LogP contribution in [0.15, 0.2) is 24.3 Å². The lowest BCUT2D eigenvalue weighted by atomic mass is 10.1. The van der Waals surface area contributed by atoms with Crippen LogP contribution in [0.1, 0.15) is 32.4 Å². The molecule has 0 aromatic heterocycles. The van der Waals surface area contributed by atoms with Crippen LogP contribution in [0.2, 0.25) is 0 Å². The van der Waals surface area contributed by atoms with Crippen molar-refractivity contribution in [3.63, 3.8) is 0 Å². The van der Waals surface area contributed by atoms with E-state index in [4.69, 9.17) is 4.74 Å². The number of nitrogens with one attached hydrogen (secondary N) is 1. The zero-order chi connectivity index (χ0) is 18.6. The van der Waals surface area contributed by atoms with Crippen molar-refractivity contribution in [3.05, 3.63) is 35.6 Å². The van der Waals surface area contributed by atoms with Crippen molar-refractivity contribution in [1.82, 2.24) is 15.3 Å². The minimum Gasteiger partial charge on any atom is -0.480 e. The number of hydrazine groups is 1. The van der Waals surface area contributed by atoms with Gasteiger partial charge in [-0.05, 0) is 38.5 Å². The molecule has 0 radical (unpaired) electrons. The van der Waals surface area contributed by atoms with Gasteiger partial charge in [-0.3, -0.25) is 4.79 Å². The third-order valence-corrected chi connectivity index (χ3v) is 3.69. The van der Waals surface area contributed by atoms with Crippen LogP contribution < -0.4 is 5.43 Å². The van der Waals surface area contributed by atoms with Gasteiger partial charge in [-0.1, -0.05) is 12.1 Å². The van der Waals surface area contributed by atoms with Crippen LogP contribution >= 0.6 is 0 Å². The number of halogens is 1. The van der Waals surface area contributed by atoms with Gasteiger partial charge in [0.15, 0.2) is 0 Å². The van der Waals surface area contributed by atoms with E-state index in [1.807, 2.05) is 20.8 Å². The predicted octanol–water partition coefficient (Wildman–Crippen LogP) is 2.01.